The molecule has 0 aliphatic carbocycles. The van der Waals surface area contributed by atoms with Crippen LogP contribution in [0.3, 0.4) is 0 Å². The Morgan fingerprint density at radius 2 is 2.29 bits per heavy atom. The first-order chi connectivity index (χ1) is 9.76. The molecule has 0 bridgehead atoms. The summed E-state index contributed by atoms with van der Waals surface area (Å²) in [5.41, 5.74) is -0.368. The van der Waals surface area contributed by atoms with E-state index >= 15 is 0 Å². The normalized spacial score (nSPS) is 24.2. The van der Waals surface area contributed by atoms with Gasteiger partial charge < -0.3 is 14.6 Å². The second-order valence-corrected chi connectivity index (χ2v) is 5.98. The van der Waals surface area contributed by atoms with Gasteiger partial charge in [0.05, 0.1) is 11.6 Å². The van der Waals surface area contributed by atoms with E-state index in [0.29, 0.717) is 16.9 Å². The quantitative estimate of drug-likeness (QED) is 0.649. The molecule has 21 heavy (non-hydrogen) atoms. The van der Waals surface area contributed by atoms with Crippen molar-refractivity contribution in [1.29, 1.82) is 5.26 Å². The highest BCUT2D eigenvalue weighted by Gasteiger charge is 2.45. The summed E-state index contributed by atoms with van der Waals surface area (Å²) in [5, 5.41) is 17.3. The topological polar surface area (TPSA) is 79.5 Å². The number of nitriles is 1. The lowest BCUT2D eigenvalue weighted by Gasteiger charge is -2.41. The smallest absolute Gasteiger partial charge is 0.352 e. The van der Waals surface area contributed by atoms with Gasteiger partial charge in [0.1, 0.15) is 17.5 Å². The summed E-state index contributed by atoms with van der Waals surface area (Å²) in [4.78, 5) is 11.5. The summed E-state index contributed by atoms with van der Waals surface area (Å²) in [6.45, 7) is 3.25. The number of hydrogen-bond donors (Lipinski definition) is 1. The van der Waals surface area contributed by atoms with E-state index in [-0.39, 0.29) is 0 Å². The lowest BCUT2D eigenvalue weighted by atomic mass is 9.88. The summed E-state index contributed by atoms with van der Waals surface area (Å²) in [6.07, 6.45) is -2.31. The largest absolute Gasteiger partial charge is 0.485 e. The minimum Gasteiger partial charge on any atom is -0.485 e. The number of carbonyl (C=O) groups excluding carboxylic acids is 1. The number of hydrogen-bond acceptors (Lipinski definition) is 5. The molecule has 112 valence electrons. The number of nitrogens with zero attached hydrogens (tertiary/aromatic N) is 1. The van der Waals surface area contributed by atoms with Crippen molar-refractivity contribution in [3.63, 3.8) is 0 Å². The Balaban J connectivity index is 2.46. The zero-order valence-electron chi connectivity index (χ0n) is 11.3. The first-order valence-electron chi connectivity index (χ1n) is 6.16. The van der Waals surface area contributed by atoms with E-state index in [4.69, 9.17) is 14.7 Å². The molecule has 1 aliphatic heterocycles. The third kappa shape index (κ3) is 3.01. The highest BCUT2D eigenvalue weighted by atomic mass is 79.9. The monoisotopic (exact) mass is 357 g/mol. The fourth-order valence-corrected chi connectivity index (χ4v) is 2.22. The fourth-order valence-electron chi connectivity index (χ4n) is 2.12. The lowest BCUT2D eigenvalue weighted by Crippen LogP contribution is -2.50. The molecule has 1 aromatic rings. The minimum atomic E-state index is -1.99. The highest BCUT2D eigenvalue weighted by Crippen LogP contribution is 2.42. The molecule has 0 radical (unpaired) electrons. The number of aliphatic hydroxyl groups excluding tert-OH is 1. The van der Waals surface area contributed by atoms with Crippen molar-refractivity contribution in [2.75, 3.05) is 0 Å². The number of benzene rings is 1. The Labute approximate surface area is 129 Å². The number of halogens is 2. The maximum absolute atomic E-state index is 13.0. The van der Waals surface area contributed by atoms with Crippen molar-refractivity contribution >= 4 is 21.9 Å². The van der Waals surface area contributed by atoms with Crippen molar-refractivity contribution in [1.82, 2.24) is 0 Å². The lowest BCUT2D eigenvalue weighted by molar-refractivity contribution is -0.172. The van der Waals surface area contributed by atoms with E-state index in [1.165, 1.54) is 6.07 Å². The van der Waals surface area contributed by atoms with Crippen LogP contribution in [0.25, 0.3) is 0 Å². The van der Waals surface area contributed by atoms with E-state index < -0.39 is 28.9 Å². The van der Waals surface area contributed by atoms with E-state index in [2.05, 4.69) is 15.9 Å². The van der Waals surface area contributed by atoms with Crippen LogP contribution in [0, 0.1) is 11.3 Å². The third-order valence-corrected chi connectivity index (χ3v) is 3.61. The van der Waals surface area contributed by atoms with Crippen LogP contribution in [0.5, 0.6) is 5.75 Å². The van der Waals surface area contributed by atoms with Gasteiger partial charge in [0, 0.05) is 5.56 Å². The van der Waals surface area contributed by atoms with Crippen molar-refractivity contribution in [3.05, 3.63) is 29.3 Å². The predicted octanol–water partition coefficient (Wildman–Crippen LogP) is 2.36. The van der Waals surface area contributed by atoms with Crippen LogP contribution in [0.2, 0.25) is 0 Å². The maximum Gasteiger partial charge on any atom is 0.352 e. The van der Waals surface area contributed by atoms with E-state index in [1.54, 1.807) is 26.0 Å². The van der Waals surface area contributed by atoms with Crippen LogP contribution in [0.15, 0.2) is 18.2 Å². The van der Waals surface area contributed by atoms with E-state index in [9.17, 15) is 14.3 Å². The van der Waals surface area contributed by atoms with Gasteiger partial charge in [-0.05, 0) is 48.0 Å². The van der Waals surface area contributed by atoms with Crippen LogP contribution >= 0.6 is 15.9 Å². The van der Waals surface area contributed by atoms with Crippen LogP contribution in [0.1, 0.15) is 31.1 Å². The van der Waals surface area contributed by atoms with Gasteiger partial charge in [-0.2, -0.15) is 5.26 Å². The molecule has 2 rings (SSSR count). The fraction of sp³-hybridized carbons (Fsp3) is 0.429. The highest BCUT2D eigenvalue weighted by molar-refractivity contribution is 9.09. The first kappa shape index (κ1) is 15.7. The van der Waals surface area contributed by atoms with Crippen molar-refractivity contribution < 1.29 is 23.8 Å². The van der Waals surface area contributed by atoms with Gasteiger partial charge in [-0.3, -0.25) is 0 Å². The summed E-state index contributed by atoms with van der Waals surface area (Å²) in [5.74, 6) is -0.767. The Morgan fingerprint density at radius 3 is 2.86 bits per heavy atom. The Hall–Kier alpha value is -1.65. The van der Waals surface area contributed by atoms with Gasteiger partial charge in [-0.25, -0.2) is 9.18 Å². The molecule has 0 spiro atoms. The number of carbonyl (C=O) groups is 1. The summed E-state index contributed by atoms with van der Waals surface area (Å²) in [6, 6.07) is 6.51. The number of esters is 1. The summed E-state index contributed by atoms with van der Waals surface area (Å²) >= 11 is 2.48. The Kier molecular flexibility index (Phi) is 4.21. The van der Waals surface area contributed by atoms with Crippen molar-refractivity contribution in [2.24, 2.45) is 0 Å². The molecule has 0 saturated heterocycles. The van der Waals surface area contributed by atoms with Gasteiger partial charge in [0.25, 0.3) is 5.08 Å². The molecule has 0 amide bonds. The molecule has 7 heteroatoms. The number of alkyl halides is 2. The molecule has 1 heterocycles. The maximum atomic E-state index is 13.0. The molecular formula is C14H13BrFNO4. The molecule has 0 saturated carbocycles. The van der Waals surface area contributed by atoms with Crippen LogP contribution in [-0.4, -0.2) is 27.9 Å². The second-order valence-electron chi connectivity index (χ2n) is 5.17. The molecule has 0 unspecified atom stereocenters. The Morgan fingerprint density at radius 1 is 1.62 bits per heavy atom. The molecular weight excluding hydrogens is 345 g/mol. The third-order valence-electron chi connectivity index (χ3n) is 3.24. The van der Waals surface area contributed by atoms with Gasteiger partial charge in [-0.1, -0.05) is 0 Å². The van der Waals surface area contributed by atoms with Gasteiger partial charge in [0.15, 0.2) is 6.10 Å². The molecule has 0 aromatic heterocycles. The average molecular weight is 358 g/mol. The zero-order chi connectivity index (χ0) is 15.8. The number of ether oxygens (including phenoxy) is 2. The number of aliphatic hydroxyl groups is 1. The number of rotatable bonds is 2. The predicted molar refractivity (Wildman–Crippen MR) is 74.5 cm³/mol. The van der Waals surface area contributed by atoms with Crippen LogP contribution in [-0.2, 0) is 9.53 Å². The SMILES string of the molecule is CC1(C)Oc2ccc(C#N)cc2[C@@H](OC(=O)[C@H](F)Br)[C@@H]1O. The van der Waals surface area contributed by atoms with Gasteiger partial charge in [0.2, 0.25) is 0 Å². The molecule has 1 aromatic carbocycles. The number of fused-ring (bicyclic) bond motifs is 1. The second kappa shape index (κ2) is 5.62. The molecule has 1 aliphatic rings. The van der Waals surface area contributed by atoms with Crippen molar-refractivity contribution in [3.8, 4) is 11.8 Å². The summed E-state index contributed by atoms with van der Waals surface area (Å²) in [7, 11) is 0. The van der Waals surface area contributed by atoms with E-state index in [1.807, 2.05) is 6.07 Å². The molecule has 1 N–H and O–H groups in total. The molecule has 0 fully saturated rings. The average Bonchev–Trinajstić information content (AvgIpc) is 2.42. The van der Waals surface area contributed by atoms with Crippen LogP contribution < -0.4 is 4.74 Å². The van der Waals surface area contributed by atoms with Crippen LogP contribution in [0.4, 0.5) is 4.39 Å². The zero-order valence-corrected chi connectivity index (χ0v) is 12.9. The first-order valence-corrected chi connectivity index (χ1v) is 7.07. The van der Waals surface area contributed by atoms with Gasteiger partial charge >= 0.3 is 5.97 Å². The standard InChI is InChI=1S/C14H13BrFNO4/c1-14(2)11(18)10(20-13(19)12(15)16)8-5-7(6-17)3-4-9(8)21-14/h3-5,10-12,18H,1-2H3/t10-,11+,12+/m1/s1. The summed E-state index contributed by atoms with van der Waals surface area (Å²) < 4.78 is 23.6. The molecule has 5 nitrogen and oxygen atoms in total. The minimum absolute atomic E-state index is 0.320. The molecule has 3 atom stereocenters. The Bertz CT molecular complexity index is 611. The van der Waals surface area contributed by atoms with Crippen molar-refractivity contribution in [2.45, 2.75) is 36.7 Å². The van der Waals surface area contributed by atoms with Gasteiger partial charge in [-0.15, -0.1) is 0 Å². The van der Waals surface area contributed by atoms with E-state index in [0.717, 1.165) is 0 Å².